The first-order chi connectivity index (χ1) is 20.1. The molecule has 0 aliphatic carbocycles. The monoisotopic (exact) mass is 605 g/mol. The second-order valence-electron chi connectivity index (χ2n) is 9.65. The number of nitrogens with zero attached hydrogens (tertiary/aromatic N) is 2. The highest BCUT2D eigenvalue weighted by Gasteiger charge is 2.32. The molecule has 2 amide bonds. The summed E-state index contributed by atoms with van der Waals surface area (Å²) in [6.07, 6.45) is 1.27. The highest BCUT2D eigenvalue weighted by atomic mass is 35.5. The lowest BCUT2D eigenvalue weighted by Crippen LogP contribution is -2.52. The highest BCUT2D eigenvalue weighted by molar-refractivity contribution is 7.92. The Morgan fingerprint density at radius 1 is 0.833 bits per heavy atom. The number of carbonyl (C=O) groups is 2. The zero-order valence-electron chi connectivity index (χ0n) is 23.3. The Morgan fingerprint density at radius 2 is 1.43 bits per heavy atom. The van der Waals surface area contributed by atoms with Crippen LogP contribution in [0.5, 0.6) is 11.5 Å². The van der Waals surface area contributed by atoms with Gasteiger partial charge in [0.1, 0.15) is 24.1 Å². The van der Waals surface area contributed by atoms with Gasteiger partial charge in [0.2, 0.25) is 21.8 Å². The van der Waals surface area contributed by atoms with Crippen molar-refractivity contribution in [1.29, 1.82) is 0 Å². The van der Waals surface area contributed by atoms with Crippen LogP contribution in [0.2, 0.25) is 5.02 Å². The average Bonchev–Trinajstić information content (AvgIpc) is 2.98. The summed E-state index contributed by atoms with van der Waals surface area (Å²) in [6.45, 7) is -0.466. The van der Waals surface area contributed by atoms with Crippen molar-refractivity contribution in [3.8, 4) is 11.5 Å². The zero-order chi connectivity index (χ0) is 30.1. The summed E-state index contributed by atoms with van der Waals surface area (Å²) in [5.41, 5.74) is 1.84. The van der Waals surface area contributed by atoms with Gasteiger partial charge in [-0.15, -0.1) is 0 Å². The molecule has 1 atom stereocenters. The van der Waals surface area contributed by atoms with E-state index in [1.165, 1.54) is 11.9 Å². The van der Waals surface area contributed by atoms with E-state index in [4.69, 9.17) is 16.3 Å². The third-order valence-electron chi connectivity index (χ3n) is 6.54. The van der Waals surface area contributed by atoms with Gasteiger partial charge in [0.05, 0.1) is 11.9 Å². The summed E-state index contributed by atoms with van der Waals surface area (Å²) >= 11 is 6.21. The van der Waals surface area contributed by atoms with Crippen LogP contribution in [0.3, 0.4) is 0 Å². The molecule has 1 N–H and O–H groups in total. The lowest BCUT2D eigenvalue weighted by Gasteiger charge is -2.33. The van der Waals surface area contributed by atoms with Crippen LogP contribution >= 0.6 is 11.6 Å². The molecule has 8 nitrogen and oxygen atoms in total. The Kier molecular flexibility index (Phi) is 10.2. The van der Waals surface area contributed by atoms with Crippen LogP contribution < -0.4 is 14.4 Å². The third-order valence-corrected chi connectivity index (χ3v) is 7.92. The highest BCUT2D eigenvalue weighted by Crippen LogP contribution is 2.26. The van der Waals surface area contributed by atoms with E-state index in [1.54, 1.807) is 48.5 Å². The lowest BCUT2D eigenvalue weighted by molar-refractivity contribution is -0.139. The van der Waals surface area contributed by atoms with Crippen molar-refractivity contribution >= 4 is 39.1 Å². The standard InChI is InChI=1S/C32H32ClN3O5S/c1-34-32(38)30(21-24-10-5-3-6-11-24)35(22-25-12-9-13-26(33)20-25)31(37)23-36(42(2,39)40)27-16-18-29(19-17-27)41-28-14-7-4-8-15-28/h3-20,30H,21-23H2,1-2H3,(H,34,38). The summed E-state index contributed by atoms with van der Waals surface area (Å²) in [5.74, 6) is 0.225. The molecule has 4 aromatic carbocycles. The maximum Gasteiger partial charge on any atom is 0.244 e. The fourth-order valence-electron chi connectivity index (χ4n) is 4.47. The Morgan fingerprint density at radius 3 is 2.02 bits per heavy atom. The predicted octanol–water partition coefficient (Wildman–Crippen LogP) is 5.28. The average molecular weight is 606 g/mol. The second-order valence-corrected chi connectivity index (χ2v) is 12.0. The number of hydrogen-bond acceptors (Lipinski definition) is 5. The van der Waals surface area contributed by atoms with E-state index in [0.29, 0.717) is 22.1 Å². The number of nitrogens with one attached hydrogen (secondary N) is 1. The predicted molar refractivity (Wildman–Crippen MR) is 165 cm³/mol. The zero-order valence-corrected chi connectivity index (χ0v) is 24.9. The quantitative estimate of drug-likeness (QED) is 0.237. The van der Waals surface area contributed by atoms with E-state index in [-0.39, 0.29) is 24.6 Å². The normalized spacial score (nSPS) is 11.8. The van der Waals surface area contributed by atoms with E-state index in [1.807, 2.05) is 60.7 Å². The van der Waals surface area contributed by atoms with Crippen molar-refractivity contribution in [1.82, 2.24) is 10.2 Å². The molecule has 0 saturated carbocycles. The Balaban J connectivity index is 1.65. The van der Waals surface area contributed by atoms with Gasteiger partial charge in [-0.2, -0.15) is 0 Å². The number of rotatable bonds is 12. The number of sulfonamides is 1. The summed E-state index contributed by atoms with van der Waals surface area (Å²) in [6, 6.07) is 31.0. The maximum atomic E-state index is 14.0. The number of amides is 2. The SMILES string of the molecule is CNC(=O)C(Cc1ccccc1)N(Cc1cccc(Cl)c1)C(=O)CN(c1ccc(Oc2ccccc2)cc1)S(C)(=O)=O. The van der Waals surface area contributed by atoms with Gasteiger partial charge in [-0.25, -0.2) is 8.42 Å². The van der Waals surface area contributed by atoms with Gasteiger partial charge in [-0.05, 0) is 59.7 Å². The minimum Gasteiger partial charge on any atom is -0.457 e. The number of para-hydroxylation sites is 1. The summed E-state index contributed by atoms with van der Waals surface area (Å²) < 4.78 is 32.7. The van der Waals surface area contributed by atoms with E-state index >= 15 is 0 Å². The number of ether oxygens (including phenoxy) is 1. The van der Waals surface area contributed by atoms with Gasteiger partial charge in [-0.1, -0.05) is 72.3 Å². The first-order valence-electron chi connectivity index (χ1n) is 13.2. The molecule has 4 rings (SSSR count). The van der Waals surface area contributed by atoms with Crippen molar-refractivity contribution in [2.24, 2.45) is 0 Å². The van der Waals surface area contributed by atoms with E-state index < -0.39 is 28.5 Å². The smallest absolute Gasteiger partial charge is 0.244 e. The number of halogens is 1. The van der Waals surface area contributed by atoms with Crippen LogP contribution in [0, 0.1) is 0 Å². The fraction of sp³-hybridized carbons (Fsp3) is 0.188. The molecule has 0 radical (unpaired) electrons. The molecular weight excluding hydrogens is 574 g/mol. The van der Waals surface area contributed by atoms with Gasteiger partial charge in [0.15, 0.2) is 0 Å². The molecule has 0 spiro atoms. The number of hydrogen-bond donors (Lipinski definition) is 1. The molecule has 0 heterocycles. The fourth-order valence-corrected chi connectivity index (χ4v) is 5.53. The van der Waals surface area contributed by atoms with Crippen LogP contribution in [0.4, 0.5) is 5.69 Å². The van der Waals surface area contributed by atoms with Crippen LogP contribution in [-0.2, 0) is 32.6 Å². The largest absolute Gasteiger partial charge is 0.457 e. The number of anilines is 1. The summed E-state index contributed by atoms with van der Waals surface area (Å²) in [4.78, 5) is 28.6. The first kappa shape index (κ1) is 30.6. The molecule has 1 unspecified atom stereocenters. The molecule has 0 bridgehead atoms. The van der Waals surface area contributed by atoms with Crippen LogP contribution in [0.15, 0.2) is 109 Å². The minimum atomic E-state index is -3.88. The van der Waals surface area contributed by atoms with Crippen molar-refractivity contribution in [3.05, 3.63) is 125 Å². The van der Waals surface area contributed by atoms with Crippen LogP contribution in [-0.4, -0.2) is 51.0 Å². The second kappa shape index (κ2) is 14.0. The molecule has 218 valence electrons. The van der Waals surface area contributed by atoms with E-state index in [2.05, 4.69) is 5.32 Å². The topological polar surface area (TPSA) is 96.0 Å². The molecule has 0 aromatic heterocycles. The van der Waals surface area contributed by atoms with Crippen molar-refractivity contribution in [3.63, 3.8) is 0 Å². The van der Waals surface area contributed by atoms with Crippen molar-refractivity contribution < 1.29 is 22.7 Å². The molecule has 0 fully saturated rings. The molecule has 0 aliphatic rings. The van der Waals surface area contributed by atoms with Gasteiger partial charge in [-0.3, -0.25) is 13.9 Å². The number of carbonyl (C=O) groups excluding carboxylic acids is 2. The third kappa shape index (κ3) is 8.34. The minimum absolute atomic E-state index is 0.0474. The van der Waals surface area contributed by atoms with Crippen LogP contribution in [0.25, 0.3) is 0 Å². The molecule has 4 aromatic rings. The molecular formula is C32H32ClN3O5S. The summed E-state index contributed by atoms with van der Waals surface area (Å²) in [7, 11) is -2.38. The molecule has 0 saturated heterocycles. The van der Waals surface area contributed by atoms with Gasteiger partial charge >= 0.3 is 0 Å². The van der Waals surface area contributed by atoms with E-state index in [9.17, 15) is 18.0 Å². The summed E-state index contributed by atoms with van der Waals surface area (Å²) in [5, 5.41) is 3.14. The number of likely N-dealkylation sites (N-methyl/N-ethyl adjacent to an activating group) is 1. The Labute approximate surface area is 251 Å². The van der Waals surface area contributed by atoms with Crippen molar-refractivity contribution in [2.45, 2.75) is 19.0 Å². The first-order valence-corrected chi connectivity index (χ1v) is 15.5. The van der Waals surface area contributed by atoms with Crippen LogP contribution in [0.1, 0.15) is 11.1 Å². The number of benzene rings is 4. The van der Waals surface area contributed by atoms with E-state index in [0.717, 1.165) is 16.1 Å². The van der Waals surface area contributed by atoms with Gasteiger partial charge in [0.25, 0.3) is 0 Å². The lowest BCUT2D eigenvalue weighted by atomic mass is 10.0. The molecule has 0 aliphatic heterocycles. The molecule has 10 heteroatoms. The van der Waals surface area contributed by atoms with Gasteiger partial charge < -0.3 is 15.0 Å². The van der Waals surface area contributed by atoms with Gasteiger partial charge in [0, 0.05) is 25.0 Å². The molecule has 42 heavy (non-hydrogen) atoms. The Bertz CT molecular complexity index is 1600. The Hall–Kier alpha value is -4.34. The van der Waals surface area contributed by atoms with Crippen molar-refractivity contribution in [2.75, 3.05) is 24.2 Å². The maximum absolute atomic E-state index is 14.0.